The van der Waals surface area contributed by atoms with Crippen molar-refractivity contribution in [2.75, 3.05) is 20.2 Å². The minimum Gasteiger partial charge on any atom is -0.506 e. The number of hydrogen-bond acceptors (Lipinski definition) is 5. The fourth-order valence-corrected chi connectivity index (χ4v) is 4.60. The predicted octanol–water partition coefficient (Wildman–Crippen LogP) is 3.85. The van der Waals surface area contributed by atoms with Crippen molar-refractivity contribution in [3.05, 3.63) is 42.0 Å². The maximum Gasteiger partial charge on any atom is 0.323 e. The maximum absolute atomic E-state index is 11.6. The van der Waals surface area contributed by atoms with Gasteiger partial charge in [-0.05, 0) is 49.6 Å². The molecule has 1 aliphatic carbocycles. The second kappa shape index (κ2) is 10.4. The van der Waals surface area contributed by atoms with Crippen LogP contribution in [0.2, 0.25) is 0 Å². The minimum absolute atomic E-state index is 0.0340. The molecular weight excluding hydrogens is 380 g/mol. The summed E-state index contributed by atoms with van der Waals surface area (Å²) in [5, 5.41) is 11.2. The first kappa shape index (κ1) is 22.1. The summed E-state index contributed by atoms with van der Waals surface area (Å²) in [6.07, 6.45) is 8.99. The number of amides is 1. The van der Waals surface area contributed by atoms with E-state index in [0.29, 0.717) is 5.39 Å². The molecule has 1 heterocycles. The van der Waals surface area contributed by atoms with E-state index >= 15 is 0 Å². The number of fused-ring (bicyclic) bond motifs is 1. The van der Waals surface area contributed by atoms with Gasteiger partial charge in [0.05, 0.1) is 12.7 Å². The van der Waals surface area contributed by atoms with E-state index in [1.54, 1.807) is 18.2 Å². The molecule has 4 rings (SSSR count). The fourth-order valence-electron chi connectivity index (χ4n) is 4.60. The Morgan fingerprint density at radius 1 is 1.07 bits per heavy atom. The molecule has 6 nitrogen and oxygen atoms in total. The van der Waals surface area contributed by atoms with Crippen molar-refractivity contribution in [3.8, 4) is 5.75 Å². The Kier molecular flexibility index (Phi) is 7.69. The average molecular weight is 413 g/mol. The fraction of sp³-hybridized carbons (Fsp3) is 0.500. The molecule has 2 fully saturated rings. The number of rotatable bonds is 4. The Hall–Kier alpha value is -2.60. The molecule has 2 aromatic carbocycles. The van der Waals surface area contributed by atoms with E-state index in [2.05, 4.69) is 4.90 Å². The van der Waals surface area contributed by atoms with Crippen LogP contribution < -0.4 is 5.73 Å². The number of methoxy groups -OCH3 is 1. The lowest BCUT2D eigenvalue weighted by atomic mass is 9.89. The van der Waals surface area contributed by atoms with Crippen LogP contribution in [0.3, 0.4) is 0 Å². The second-order valence-electron chi connectivity index (χ2n) is 8.23. The van der Waals surface area contributed by atoms with Gasteiger partial charge in [-0.15, -0.1) is 0 Å². The summed E-state index contributed by atoms with van der Waals surface area (Å²) in [5.74, 6) is 0.121. The van der Waals surface area contributed by atoms with Crippen molar-refractivity contribution in [3.63, 3.8) is 0 Å². The van der Waals surface area contributed by atoms with E-state index < -0.39 is 5.91 Å². The van der Waals surface area contributed by atoms with E-state index in [9.17, 15) is 14.7 Å². The van der Waals surface area contributed by atoms with Gasteiger partial charge in [0.1, 0.15) is 11.8 Å². The lowest BCUT2D eigenvalue weighted by Crippen LogP contribution is -2.40. The largest absolute Gasteiger partial charge is 0.506 e. The Morgan fingerprint density at radius 3 is 2.50 bits per heavy atom. The van der Waals surface area contributed by atoms with Crippen LogP contribution >= 0.6 is 0 Å². The van der Waals surface area contributed by atoms with Crippen molar-refractivity contribution in [1.82, 2.24) is 4.90 Å². The van der Waals surface area contributed by atoms with Crippen LogP contribution in [0.1, 0.15) is 55.3 Å². The normalized spacial score (nSPS) is 19.8. The van der Waals surface area contributed by atoms with E-state index in [4.69, 9.17) is 10.5 Å². The molecule has 1 saturated heterocycles. The molecule has 0 bridgehead atoms. The number of hydrogen-bond donors (Lipinski definition) is 2. The Labute approximate surface area is 178 Å². The second-order valence-corrected chi connectivity index (χ2v) is 8.23. The lowest BCUT2D eigenvalue weighted by molar-refractivity contribution is -0.146. The van der Waals surface area contributed by atoms with Gasteiger partial charge in [-0.25, -0.2) is 0 Å². The van der Waals surface area contributed by atoms with Gasteiger partial charge in [-0.2, -0.15) is 0 Å². The topological polar surface area (TPSA) is 92.9 Å². The molecule has 1 saturated carbocycles. The maximum atomic E-state index is 11.6. The van der Waals surface area contributed by atoms with Crippen molar-refractivity contribution in [2.24, 2.45) is 11.7 Å². The summed E-state index contributed by atoms with van der Waals surface area (Å²) < 4.78 is 4.87. The van der Waals surface area contributed by atoms with Gasteiger partial charge < -0.3 is 15.6 Å². The highest BCUT2D eigenvalue weighted by Gasteiger charge is 2.32. The van der Waals surface area contributed by atoms with Crippen LogP contribution in [0.25, 0.3) is 10.8 Å². The van der Waals surface area contributed by atoms with Gasteiger partial charge in [0.25, 0.3) is 5.91 Å². The van der Waals surface area contributed by atoms with Crippen LogP contribution in [-0.2, 0) is 9.53 Å². The van der Waals surface area contributed by atoms with Crippen molar-refractivity contribution >= 4 is 22.6 Å². The Balaban J connectivity index is 0.000000172. The molecule has 0 aromatic heterocycles. The van der Waals surface area contributed by atoms with Gasteiger partial charge in [-0.1, -0.05) is 49.6 Å². The monoisotopic (exact) mass is 412 g/mol. The lowest BCUT2D eigenvalue weighted by Gasteiger charge is -2.29. The Morgan fingerprint density at radius 2 is 1.80 bits per heavy atom. The number of carbonyl (C=O) groups excluding carboxylic acids is 2. The molecule has 6 heteroatoms. The number of carbonyl (C=O) groups is 2. The number of likely N-dealkylation sites (tertiary alicyclic amines) is 1. The van der Waals surface area contributed by atoms with Crippen molar-refractivity contribution in [1.29, 1.82) is 0 Å². The third-order valence-corrected chi connectivity index (χ3v) is 6.22. The number of nitrogens with two attached hydrogens (primary N) is 1. The molecule has 1 aliphatic heterocycles. The summed E-state index contributed by atoms with van der Waals surface area (Å²) in [6, 6.07) is 10.6. The minimum atomic E-state index is -0.617. The summed E-state index contributed by atoms with van der Waals surface area (Å²) >= 11 is 0. The molecule has 1 amide bonds. The first-order chi connectivity index (χ1) is 14.5. The van der Waals surface area contributed by atoms with Gasteiger partial charge in [-0.3, -0.25) is 14.5 Å². The molecule has 2 aliphatic rings. The van der Waals surface area contributed by atoms with Crippen molar-refractivity contribution in [2.45, 2.75) is 51.0 Å². The van der Waals surface area contributed by atoms with Crippen LogP contribution in [0.5, 0.6) is 5.75 Å². The first-order valence-corrected chi connectivity index (χ1v) is 10.8. The zero-order valence-electron chi connectivity index (χ0n) is 17.7. The number of phenols is 1. The van der Waals surface area contributed by atoms with E-state index in [1.165, 1.54) is 45.3 Å². The Bertz CT molecular complexity index is 877. The molecule has 2 aromatic rings. The van der Waals surface area contributed by atoms with E-state index in [0.717, 1.165) is 37.2 Å². The smallest absolute Gasteiger partial charge is 0.323 e. The molecule has 1 unspecified atom stereocenters. The molecule has 0 radical (unpaired) electrons. The number of primary amides is 1. The molecular formula is C24H32N2O4. The predicted molar refractivity (Wildman–Crippen MR) is 117 cm³/mol. The molecule has 3 N–H and O–H groups in total. The first-order valence-electron chi connectivity index (χ1n) is 10.8. The van der Waals surface area contributed by atoms with Crippen LogP contribution in [0.15, 0.2) is 36.4 Å². The molecule has 30 heavy (non-hydrogen) atoms. The van der Waals surface area contributed by atoms with E-state index in [1.807, 2.05) is 12.1 Å². The highest BCUT2D eigenvalue weighted by atomic mass is 16.5. The van der Waals surface area contributed by atoms with Gasteiger partial charge in [0, 0.05) is 11.9 Å². The third-order valence-electron chi connectivity index (χ3n) is 6.22. The van der Waals surface area contributed by atoms with Crippen LogP contribution in [0.4, 0.5) is 0 Å². The number of nitrogens with zero attached hydrogens (tertiary/aromatic N) is 1. The average Bonchev–Trinajstić information content (AvgIpc) is 3.22. The standard InChI is InChI=1S/C13H23NO2.C11H9NO2/c1-16-13(15)12-8-5-9-14(12)10-11-6-3-2-4-7-11;12-11(14)9-6-5-7-3-1-2-4-8(7)10(9)13/h11-12H,2-10H2,1H3;1-6,13H,(H2,12,14). The van der Waals surface area contributed by atoms with Gasteiger partial charge in [0.2, 0.25) is 0 Å². The number of esters is 1. The quantitative estimate of drug-likeness (QED) is 0.744. The third kappa shape index (κ3) is 5.30. The zero-order valence-corrected chi connectivity index (χ0v) is 17.7. The van der Waals surface area contributed by atoms with E-state index in [-0.39, 0.29) is 23.3 Å². The summed E-state index contributed by atoms with van der Waals surface area (Å²) in [5.41, 5.74) is 5.26. The number of ether oxygens (including phenoxy) is 1. The summed E-state index contributed by atoms with van der Waals surface area (Å²) in [4.78, 5) is 24.9. The summed E-state index contributed by atoms with van der Waals surface area (Å²) in [7, 11) is 1.50. The highest BCUT2D eigenvalue weighted by Crippen LogP contribution is 2.29. The zero-order chi connectivity index (χ0) is 21.5. The number of aromatic hydroxyl groups is 1. The van der Waals surface area contributed by atoms with Crippen molar-refractivity contribution < 1.29 is 19.4 Å². The van der Waals surface area contributed by atoms with Gasteiger partial charge in [0.15, 0.2) is 0 Å². The highest BCUT2D eigenvalue weighted by molar-refractivity contribution is 6.02. The number of benzene rings is 2. The van der Waals surface area contributed by atoms with Gasteiger partial charge >= 0.3 is 5.97 Å². The molecule has 1 atom stereocenters. The molecule has 162 valence electrons. The SMILES string of the molecule is COC(=O)C1CCCN1CC1CCCCC1.NC(=O)c1ccc2ccccc2c1O. The summed E-state index contributed by atoms with van der Waals surface area (Å²) in [6.45, 7) is 2.19. The molecule has 0 spiro atoms. The van der Waals surface area contributed by atoms with Crippen LogP contribution in [0, 0.1) is 5.92 Å². The van der Waals surface area contributed by atoms with Crippen LogP contribution in [-0.4, -0.2) is 48.1 Å².